The number of ether oxygens (including phenoxy) is 1. The van der Waals surface area contributed by atoms with Gasteiger partial charge >= 0.3 is 0 Å². The summed E-state index contributed by atoms with van der Waals surface area (Å²) >= 11 is 0. The van der Waals surface area contributed by atoms with Gasteiger partial charge in [-0.25, -0.2) is 0 Å². The third kappa shape index (κ3) is 5.48. The number of benzene rings is 1. The molecule has 0 fully saturated rings. The van der Waals surface area contributed by atoms with Crippen molar-refractivity contribution in [2.45, 2.75) is 19.4 Å². The average Bonchev–Trinajstić information content (AvgIpc) is 2.33. The van der Waals surface area contributed by atoms with E-state index in [4.69, 9.17) is 9.29 Å². The second-order valence-electron chi connectivity index (χ2n) is 4.09. The van der Waals surface area contributed by atoms with Crippen LogP contribution in [0.25, 0.3) is 0 Å². The number of nitrogens with one attached hydrogen (secondary N) is 1. The van der Waals surface area contributed by atoms with Crippen molar-refractivity contribution >= 4 is 10.1 Å². The van der Waals surface area contributed by atoms with Crippen molar-refractivity contribution in [3.8, 4) is 5.75 Å². The summed E-state index contributed by atoms with van der Waals surface area (Å²) in [6.07, 6.45) is 0.388. The van der Waals surface area contributed by atoms with E-state index >= 15 is 0 Å². The molecule has 1 aromatic carbocycles. The van der Waals surface area contributed by atoms with E-state index in [9.17, 15) is 8.42 Å². The Kier molecular flexibility index (Phi) is 5.58. The van der Waals surface area contributed by atoms with Crippen molar-refractivity contribution in [2.24, 2.45) is 0 Å². The van der Waals surface area contributed by atoms with Gasteiger partial charge < -0.3 is 10.1 Å². The van der Waals surface area contributed by atoms with Crippen LogP contribution in [0.15, 0.2) is 24.3 Å². The van der Waals surface area contributed by atoms with Crippen LogP contribution in [-0.2, 0) is 10.1 Å². The van der Waals surface area contributed by atoms with Gasteiger partial charge in [-0.1, -0.05) is 12.1 Å². The van der Waals surface area contributed by atoms with Gasteiger partial charge in [-0.2, -0.15) is 8.42 Å². The summed E-state index contributed by atoms with van der Waals surface area (Å²) in [5, 5.41) is 3.19. The van der Waals surface area contributed by atoms with E-state index in [0.717, 1.165) is 11.3 Å². The van der Waals surface area contributed by atoms with Gasteiger partial charge in [-0.05, 0) is 37.6 Å². The van der Waals surface area contributed by atoms with Crippen LogP contribution in [0.2, 0.25) is 0 Å². The molecule has 0 radical (unpaired) electrons. The smallest absolute Gasteiger partial charge is 0.264 e. The Bertz CT molecular complexity index is 455. The average molecular weight is 273 g/mol. The number of hydrogen-bond donors (Lipinski definition) is 2. The second-order valence-corrected chi connectivity index (χ2v) is 5.66. The molecule has 1 atom stereocenters. The standard InChI is InChI=1S/C12H19NO4S/c1-10(13-8-3-9-18(14,15)16)11-4-6-12(17-2)7-5-11/h4-7,10,13H,3,8-9H2,1-2H3,(H,14,15,16)/t10-/m0/s1. The van der Waals surface area contributed by atoms with Gasteiger partial charge in [0.15, 0.2) is 0 Å². The molecule has 0 aliphatic carbocycles. The van der Waals surface area contributed by atoms with Crippen LogP contribution in [0, 0.1) is 0 Å². The molecular weight excluding hydrogens is 254 g/mol. The van der Waals surface area contributed by atoms with E-state index in [1.165, 1.54) is 0 Å². The fraction of sp³-hybridized carbons (Fsp3) is 0.500. The fourth-order valence-electron chi connectivity index (χ4n) is 1.58. The lowest BCUT2D eigenvalue weighted by Crippen LogP contribution is -2.21. The molecule has 5 nitrogen and oxygen atoms in total. The van der Waals surface area contributed by atoms with Gasteiger partial charge in [-0.3, -0.25) is 4.55 Å². The van der Waals surface area contributed by atoms with Gasteiger partial charge in [0, 0.05) is 6.04 Å². The highest BCUT2D eigenvalue weighted by molar-refractivity contribution is 7.85. The Morgan fingerprint density at radius 3 is 2.44 bits per heavy atom. The molecule has 0 spiro atoms. The number of methoxy groups -OCH3 is 1. The first-order chi connectivity index (χ1) is 8.42. The predicted molar refractivity (Wildman–Crippen MR) is 70.4 cm³/mol. The minimum absolute atomic E-state index is 0.123. The molecule has 18 heavy (non-hydrogen) atoms. The molecule has 0 amide bonds. The lowest BCUT2D eigenvalue weighted by molar-refractivity contribution is 0.414. The van der Waals surface area contributed by atoms with Crippen molar-refractivity contribution in [1.29, 1.82) is 0 Å². The Balaban J connectivity index is 2.38. The van der Waals surface area contributed by atoms with Gasteiger partial charge in [0.25, 0.3) is 10.1 Å². The normalized spacial score (nSPS) is 13.3. The Labute approximate surface area is 108 Å². The quantitative estimate of drug-likeness (QED) is 0.583. The largest absolute Gasteiger partial charge is 0.497 e. The zero-order valence-electron chi connectivity index (χ0n) is 10.6. The fourth-order valence-corrected chi connectivity index (χ4v) is 2.09. The summed E-state index contributed by atoms with van der Waals surface area (Å²) < 4.78 is 34.7. The molecule has 0 saturated heterocycles. The maximum absolute atomic E-state index is 10.5. The number of rotatable bonds is 7. The molecule has 1 aromatic rings. The van der Waals surface area contributed by atoms with Gasteiger partial charge in [0.2, 0.25) is 0 Å². The Morgan fingerprint density at radius 1 is 1.33 bits per heavy atom. The molecular formula is C12H19NO4S. The second kappa shape index (κ2) is 6.72. The zero-order valence-corrected chi connectivity index (χ0v) is 11.4. The van der Waals surface area contributed by atoms with Crippen molar-refractivity contribution < 1.29 is 17.7 Å². The summed E-state index contributed by atoms with van der Waals surface area (Å²) in [5.41, 5.74) is 1.10. The molecule has 0 aliphatic heterocycles. The monoisotopic (exact) mass is 273 g/mol. The molecule has 2 N–H and O–H groups in total. The van der Waals surface area contributed by atoms with Crippen molar-refractivity contribution in [1.82, 2.24) is 5.32 Å². The summed E-state index contributed by atoms with van der Waals surface area (Å²) in [4.78, 5) is 0. The summed E-state index contributed by atoms with van der Waals surface area (Å²) in [7, 11) is -2.24. The zero-order chi connectivity index (χ0) is 13.6. The summed E-state index contributed by atoms with van der Waals surface area (Å²) in [6, 6.07) is 7.80. The topological polar surface area (TPSA) is 75.6 Å². The van der Waals surface area contributed by atoms with Crippen molar-refractivity contribution in [3.63, 3.8) is 0 Å². The van der Waals surface area contributed by atoms with Crippen LogP contribution in [0.3, 0.4) is 0 Å². The number of hydrogen-bond acceptors (Lipinski definition) is 4. The molecule has 0 aromatic heterocycles. The molecule has 6 heteroatoms. The van der Waals surface area contributed by atoms with Gasteiger partial charge in [0.05, 0.1) is 12.9 Å². The summed E-state index contributed by atoms with van der Waals surface area (Å²) in [6.45, 7) is 2.53. The van der Waals surface area contributed by atoms with E-state index in [1.54, 1.807) is 7.11 Å². The predicted octanol–water partition coefficient (Wildman–Crippen LogP) is 1.62. The van der Waals surface area contributed by atoms with Crippen LogP contribution in [-0.4, -0.2) is 32.4 Å². The SMILES string of the molecule is COc1ccc([C@H](C)NCCCS(=O)(=O)O)cc1. The molecule has 0 aliphatic rings. The molecule has 0 heterocycles. The van der Waals surface area contributed by atoms with Gasteiger partial charge in [0.1, 0.15) is 5.75 Å². The third-order valence-corrected chi connectivity index (χ3v) is 3.45. The minimum atomic E-state index is -3.85. The van der Waals surface area contributed by atoms with Crippen LogP contribution in [0.4, 0.5) is 0 Å². The lowest BCUT2D eigenvalue weighted by Gasteiger charge is -2.14. The highest BCUT2D eigenvalue weighted by atomic mass is 32.2. The molecule has 1 rings (SSSR count). The third-order valence-electron chi connectivity index (χ3n) is 2.65. The van der Waals surface area contributed by atoms with E-state index in [-0.39, 0.29) is 11.8 Å². The highest BCUT2D eigenvalue weighted by Crippen LogP contribution is 2.16. The van der Waals surface area contributed by atoms with E-state index < -0.39 is 10.1 Å². The van der Waals surface area contributed by atoms with Crippen LogP contribution in [0.5, 0.6) is 5.75 Å². The van der Waals surface area contributed by atoms with E-state index in [2.05, 4.69) is 5.32 Å². The van der Waals surface area contributed by atoms with E-state index in [1.807, 2.05) is 31.2 Å². The van der Waals surface area contributed by atoms with Gasteiger partial charge in [-0.15, -0.1) is 0 Å². The van der Waals surface area contributed by atoms with Crippen LogP contribution in [0.1, 0.15) is 24.9 Å². The van der Waals surface area contributed by atoms with E-state index in [0.29, 0.717) is 13.0 Å². The molecule has 0 unspecified atom stereocenters. The minimum Gasteiger partial charge on any atom is -0.497 e. The highest BCUT2D eigenvalue weighted by Gasteiger charge is 2.07. The first-order valence-electron chi connectivity index (χ1n) is 5.75. The van der Waals surface area contributed by atoms with Crippen molar-refractivity contribution in [2.75, 3.05) is 19.4 Å². The van der Waals surface area contributed by atoms with Crippen molar-refractivity contribution in [3.05, 3.63) is 29.8 Å². The molecule has 102 valence electrons. The molecule has 0 bridgehead atoms. The lowest BCUT2D eigenvalue weighted by atomic mass is 10.1. The molecule has 0 saturated carbocycles. The maximum Gasteiger partial charge on any atom is 0.264 e. The summed E-state index contributed by atoms with van der Waals surface area (Å²) in [5.74, 6) is 0.590. The first kappa shape index (κ1) is 14.9. The first-order valence-corrected chi connectivity index (χ1v) is 7.36. The van der Waals surface area contributed by atoms with Crippen LogP contribution < -0.4 is 10.1 Å². The van der Waals surface area contributed by atoms with Crippen LogP contribution >= 0.6 is 0 Å². The Hall–Kier alpha value is -1.11. The Morgan fingerprint density at radius 2 is 1.94 bits per heavy atom. The maximum atomic E-state index is 10.5.